The molecule has 0 radical (unpaired) electrons. The quantitative estimate of drug-likeness (QED) is 0.590. The van der Waals surface area contributed by atoms with Gasteiger partial charge in [0.05, 0.1) is 0 Å². The first-order valence-corrected chi connectivity index (χ1v) is 7.08. The Balaban J connectivity index is 1.95. The summed E-state index contributed by atoms with van der Waals surface area (Å²) in [5.41, 5.74) is -0.800. The van der Waals surface area contributed by atoms with Gasteiger partial charge in [-0.2, -0.15) is 0 Å². The van der Waals surface area contributed by atoms with Crippen LogP contribution in [0.1, 0.15) is 51.9 Å². The lowest BCUT2D eigenvalue weighted by atomic mass is 9.83. The van der Waals surface area contributed by atoms with Crippen molar-refractivity contribution in [3.05, 3.63) is 0 Å². The molecular formula is C14H27NO3. The number of rotatable bonds is 10. The lowest BCUT2D eigenvalue weighted by molar-refractivity contribution is -0.144. The van der Waals surface area contributed by atoms with Crippen LogP contribution in [0, 0.1) is 5.92 Å². The molecule has 1 saturated carbocycles. The van der Waals surface area contributed by atoms with Crippen LogP contribution in [0.25, 0.3) is 0 Å². The largest absolute Gasteiger partial charge is 0.480 e. The summed E-state index contributed by atoms with van der Waals surface area (Å²) in [6.45, 7) is 3.35. The summed E-state index contributed by atoms with van der Waals surface area (Å²) in [6, 6.07) is 0. The molecule has 0 heterocycles. The van der Waals surface area contributed by atoms with E-state index in [0.29, 0.717) is 6.42 Å². The summed E-state index contributed by atoms with van der Waals surface area (Å²) in [7, 11) is 1.70. The third-order valence-electron chi connectivity index (χ3n) is 4.13. The van der Waals surface area contributed by atoms with Crippen LogP contribution in [0.2, 0.25) is 0 Å². The van der Waals surface area contributed by atoms with Crippen LogP contribution in [0.3, 0.4) is 0 Å². The van der Waals surface area contributed by atoms with Crippen molar-refractivity contribution in [3.8, 4) is 0 Å². The summed E-state index contributed by atoms with van der Waals surface area (Å²) in [6.07, 6.45) is 7.81. The third kappa shape index (κ3) is 4.94. The Morgan fingerprint density at radius 3 is 2.61 bits per heavy atom. The smallest absolute Gasteiger partial charge is 0.323 e. The van der Waals surface area contributed by atoms with Gasteiger partial charge in [0, 0.05) is 13.2 Å². The van der Waals surface area contributed by atoms with Gasteiger partial charge < -0.3 is 15.2 Å². The molecule has 1 atom stereocenters. The van der Waals surface area contributed by atoms with Gasteiger partial charge in [-0.15, -0.1) is 0 Å². The molecule has 106 valence electrons. The third-order valence-corrected chi connectivity index (χ3v) is 4.13. The maximum Gasteiger partial charge on any atom is 0.323 e. The molecule has 0 saturated heterocycles. The Bertz CT molecular complexity index is 253. The molecule has 0 spiro atoms. The maximum absolute atomic E-state index is 11.0. The molecule has 4 nitrogen and oxygen atoms in total. The number of hydrogen-bond donors (Lipinski definition) is 2. The summed E-state index contributed by atoms with van der Waals surface area (Å²) in [5.74, 6) is 0.125. The molecule has 0 amide bonds. The van der Waals surface area contributed by atoms with Gasteiger partial charge >= 0.3 is 5.97 Å². The molecule has 0 aromatic heterocycles. The molecule has 0 aliphatic heterocycles. The van der Waals surface area contributed by atoms with E-state index in [2.05, 4.69) is 5.32 Å². The van der Waals surface area contributed by atoms with Gasteiger partial charge in [0.25, 0.3) is 0 Å². The number of carboxylic acid groups (broad SMARTS) is 1. The Hall–Kier alpha value is -0.610. The fourth-order valence-corrected chi connectivity index (χ4v) is 2.16. The molecule has 1 aliphatic rings. The van der Waals surface area contributed by atoms with E-state index in [4.69, 9.17) is 9.84 Å². The van der Waals surface area contributed by atoms with E-state index < -0.39 is 11.5 Å². The van der Waals surface area contributed by atoms with E-state index in [1.165, 1.54) is 25.7 Å². The Morgan fingerprint density at radius 1 is 1.39 bits per heavy atom. The van der Waals surface area contributed by atoms with Crippen molar-refractivity contribution in [1.29, 1.82) is 0 Å². The zero-order chi connectivity index (χ0) is 13.4. The van der Waals surface area contributed by atoms with Gasteiger partial charge in [-0.1, -0.05) is 19.3 Å². The van der Waals surface area contributed by atoms with Crippen molar-refractivity contribution >= 4 is 5.97 Å². The van der Waals surface area contributed by atoms with Crippen LogP contribution >= 0.6 is 0 Å². The van der Waals surface area contributed by atoms with Gasteiger partial charge in [-0.25, -0.2) is 0 Å². The van der Waals surface area contributed by atoms with Crippen LogP contribution in [0.5, 0.6) is 0 Å². The second kappa shape index (κ2) is 7.74. The van der Waals surface area contributed by atoms with Crippen LogP contribution in [0.15, 0.2) is 0 Å². The molecule has 0 aromatic carbocycles. The lowest BCUT2D eigenvalue weighted by Gasteiger charge is -2.25. The van der Waals surface area contributed by atoms with Crippen LogP contribution in [0.4, 0.5) is 0 Å². The van der Waals surface area contributed by atoms with Gasteiger partial charge in [-0.05, 0) is 45.6 Å². The summed E-state index contributed by atoms with van der Waals surface area (Å²) < 4.78 is 5.58. The predicted molar refractivity (Wildman–Crippen MR) is 71.7 cm³/mol. The molecule has 4 heteroatoms. The molecular weight excluding hydrogens is 230 g/mol. The molecule has 1 fully saturated rings. The Morgan fingerprint density at radius 2 is 2.11 bits per heavy atom. The lowest BCUT2D eigenvalue weighted by Crippen LogP contribution is -2.47. The molecule has 2 N–H and O–H groups in total. The Kier molecular flexibility index (Phi) is 6.65. The van der Waals surface area contributed by atoms with E-state index >= 15 is 0 Å². The van der Waals surface area contributed by atoms with E-state index in [1.54, 1.807) is 14.0 Å². The minimum Gasteiger partial charge on any atom is -0.480 e. The number of unbranched alkanes of at least 4 members (excludes halogenated alkanes) is 1. The summed E-state index contributed by atoms with van der Waals surface area (Å²) >= 11 is 0. The van der Waals surface area contributed by atoms with Crippen LogP contribution in [-0.4, -0.2) is 36.9 Å². The second-order valence-corrected chi connectivity index (χ2v) is 5.54. The number of likely N-dealkylation sites (N-methyl/N-ethyl adjacent to an activating group) is 1. The molecule has 1 rings (SSSR count). The highest BCUT2D eigenvalue weighted by Crippen LogP contribution is 2.29. The summed E-state index contributed by atoms with van der Waals surface area (Å²) in [5, 5.41) is 11.9. The monoisotopic (exact) mass is 257 g/mol. The summed E-state index contributed by atoms with van der Waals surface area (Å²) in [4.78, 5) is 11.0. The number of carbonyl (C=O) groups is 1. The van der Waals surface area contributed by atoms with Crippen molar-refractivity contribution in [2.24, 2.45) is 5.92 Å². The molecule has 0 bridgehead atoms. The average Bonchev–Trinajstić information content (AvgIpc) is 2.29. The van der Waals surface area contributed by atoms with E-state index in [-0.39, 0.29) is 0 Å². The minimum atomic E-state index is -0.800. The van der Waals surface area contributed by atoms with Crippen molar-refractivity contribution in [1.82, 2.24) is 5.32 Å². The highest BCUT2D eigenvalue weighted by molar-refractivity contribution is 5.78. The SMILES string of the molecule is CNC(C)(CCCCOCCC1CCC1)C(=O)O. The molecule has 1 aliphatic carbocycles. The first-order valence-electron chi connectivity index (χ1n) is 7.08. The second-order valence-electron chi connectivity index (χ2n) is 5.54. The molecule has 0 aromatic rings. The highest BCUT2D eigenvalue weighted by Gasteiger charge is 2.29. The number of hydrogen-bond acceptors (Lipinski definition) is 3. The number of aliphatic carboxylic acids is 1. The molecule has 18 heavy (non-hydrogen) atoms. The zero-order valence-electron chi connectivity index (χ0n) is 11.7. The topological polar surface area (TPSA) is 58.6 Å². The van der Waals surface area contributed by atoms with E-state index in [0.717, 1.165) is 32.0 Å². The van der Waals surface area contributed by atoms with Gasteiger partial charge in [0.1, 0.15) is 5.54 Å². The van der Waals surface area contributed by atoms with Crippen molar-refractivity contribution in [2.75, 3.05) is 20.3 Å². The van der Waals surface area contributed by atoms with Crippen molar-refractivity contribution in [3.63, 3.8) is 0 Å². The maximum atomic E-state index is 11.0. The minimum absolute atomic E-state index is 0.644. The fraction of sp³-hybridized carbons (Fsp3) is 0.929. The van der Waals surface area contributed by atoms with E-state index in [9.17, 15) is 4.79 Å². The molecule has 1 unspecified atom stereocenters. The number of ether oxygens (including phenoxy) is 1. The van der Waals surface area contributed by atoms with Gasteiger partial charge in [0.2, 0.25) is 0 Å². The van der Waals surface area contributed by atoms with Gasteiger partial charge in [0.15, 0.2) is 0 Å². The van der Waals surface area contributed by atoms with Crippen LogP contribution in [-0.2, 0) is 9.53 Å². The van der Waals surface area contributed by atoms with Crippen LogP contribution < -0.4 is 5.32 Å². The predicted octanol–water partition coefficient (Wildman–Crippen LogP) is 2.43. The normalized spacial score (nSPS) is 19.2. The number of nitrogens with one attached hydrogen (secondary N) is 1. The van der Waals surface area contributed by atoms with E-state index in [1.807, 2.05) is 0 Å². The van der Waals surface area contributed by atoms with Crippen molar-refractivity contribution < 1.29 is 14.6 Å². The number of carboxylic acids is 1. The zero-order valence-corrected chi connectivity index (χ0v) is 11.7. The van der Waals surface area contributed by atoms with Gasteiger partial charge in [-0.3, -0.25) is 4.79 Å². The first kappa shape index (κ1) is 15.4. The highest BCUT2D eigenvalue weighted by atomic mass is 16.5. The standard InChI is InChI=1S/C14H27NO3/c1-14(15-2,13(16)17)9-3-4-10-18-11-8-12-6-5-7-12/h12,15H,3-11H2,1-2H3,(H,16,17). The fourth-order valence-electron chi connectivity index (χ4n) is 2.16. The first-order chi connectivity index (χ1) is 8.58. The average molecular weight is 257 g/mol. The van der Waals surface area contributed by atoms with Crippen molar-refractivity contribution in [2.45, 2.75) is 57.4 Å². The Labute approximate surface area is 110 Å².